The van der Waals surface area contributed by atoms with Crippen molar-refractivity contribution in [3.63, 3.8) is 0 Å². The van der Waals surface area contributed by atoms with Gasteiger partial charge < -0.3 is 15.7 Å². The van der Waals surface area contributed by atoms with E-state index in [0.29, 0.717) is 0 Å². The average Bonchev–Trinajstić information content (AvgIpc) is 1.66. The summed E-state index contributed by atoms with van der Waals surface area (Å²) in [5.41, 5.74) is 0. The first-order chi connectivity index (χ1) is 3.77. The number of hydrogen-bond acceptors (Lipinski definition) is 3. The van der Waals surface area contributed by atoms with Crippen LogP contribution in [0, 0.1) is 0 Å². The fraction of sp³-hybridized carbons (Fsp3) is 0.500. The van der Waals surface area contributed by atoms with Gasteiger partial charge in [0, 0.05) is 0 Å². The van der Waals surface area contributed by atoms with Crippen molar-refractivity contribution in [1.82, 2.24) is 0 Å². The number of hydrogen-bond donors (Lipinski definition) is 3. The topological polar surface area (TPSA) is 102 Å². The third-order valence-corrected chi connectivity index (χ3v) is 0.482. The van der Waals surface area contributed by atoms with Crippen LogP contribution in [-0.4, -0.2) is 41.0 Å². The molecule has 0 aromatic heterocycles. The molecule has 0 unspecified atom stereocenters. The summed E-state index contributed by atoms with van der Waals surface area (Å²) >= 11 is 0. The molecule has 0 fully saturated rings. The molecule has 0 aliphatic carbocycles. The monoisotopic (exact) mass is 135 g/mol. The van der Waals surface area contributed by atoms with Gasteiger partial charge in [0.25, 0.3) is 0 Å². The van der Waals surface area contributed by atoms with Crippen molar-refractivity contribution in [2.75, 3.05) is 13.2 Å². The molecule has 0 spiro atoms. The molecule has 9 heavy (non-hydrogen) atoms. The molecule has 0 atom stereocenters. The Morgan fingerprint density at radius 1 is 1.67 bits per heavy atom. The fourth-order valence-electron chi connectivity index (χ4n) is 0.224. The first-order valence-corrected chi connectivity index (χ1v) is 2.17. The molecule has 0 amide bonds. The molecule has 0 saturated heterocycles. The van der Waals surface area contributed by atoms with E-state index < -0.39 is 5.97 Å². The van der Waals surface area contributed by atoms with Crippen LogP contribution in [-0.2, 0) is 4.79 Å². The third kappa shape index (κ3) is 11.0. The van der Waals surface area contributed by atoms with Gasteiger partial charge in [0.05, 0.1) is 0 Å². The Morgan fingerprint density at radius 3 is 2.56 bits per heavy atom. The van der Waals surface area contributed by atoms with Crippen LogP contribution in [0.1, 0.15) is 0 Å². The van der Waals surface area contributed by atoms with Crippen LogP contribution >= 0.6 is 0 Å². The number of carboxylic acids is 1. The van der Waals surface area contributed by atoms with E-state index in [1.807, 2.05) is 0 Å². The summed E-state index contributed by atoms with van der Waals surface area (Å²) < 4.78 is 0. The van der Waals surface area contributed by atoms with Crippen LogP contribution in [0.2, 0.25) is 0 Å². The lowest BCUT2D eigenvalue weighted by Gasteiger charge is -1.74. The van der Waals surface area contributed by atoms with Crippen LogP contribution in [0.15, 0.2) is 0 Å². The summed E-state index contributed by atoms with van der Waals surface area (Å²) in [6, 6.07) is 0. The van der Waals surface area contributed by atoms with E-state index in [0.717, 1.165) is 6.21 Å². The standard InChI is InChI=1S/C4H7NO3.H2O/c6-2-1-5-3-4(7)8;/h3,6H,1-2H2,(H,7,8);1H2. The van der Waals surface area contributed by atoms with Gasteiger partial charge in [0.15, 0.2) is 6.54 Å². The Balaban J connectivity index is 0. The van der Waals surface area contributed by atoms with E-state index in [1.54, 1.807) is 0 Å². The maximum absolute atomic E-state index is 9.67. The fourth-order valence-corrected chi connectivity index (χ4v) is 0.224. The Labute approximate surface area is 52.0 Å². The minimum absolute atomic E-state index is 0. The average molecular weight is 135 g/mol. The molecular weight excluding hydrogens is 126 g/mol. The van der Waals surface area contributed by atoms with E-state index in [9.17, 15) is 4.79 Å². The smallest absolute Gasteiger partial charge is 0.392 e. The van der Waals surface area contributed by atoms with Crippen molar-refractivity contribution >= 4 is 12.2 Å². The second kappa shape index (κ2) is 7.06. The van der Waals surface area contributed by atoms with Crippen molar-refractivity contribution < 1.29 is 25.5 Å². The molecule has 0 aromatic rings. The molecule has 0 aliphatic heterocycles. The van der Waals surface area contributed by atoms with Gasteiger partial charge >= 0.3 is 5.97 Å². The molecule has 0 rings (SSSR count). The minimum atomic E-state index is -1.03. The molecular formula is C4H9NO4. The molecule has 54 valence electrons. The zero-order valence-corrected chi connectivity index (χ0v) is 4.74. The maximum atomic E-state index is 9.67. The second-order valence-electron chi connectivity index (χ2n) is 1.16. The zero-order valence-electron chi connectivity index (χ0n) is 4.74. The Bertz CT molecular complexity index is 101. The van der Waals surface area contributed by atoms with E-state index in [-0.39, 0.29) is 18.6 Å². The highest BCUT2D eigenvalue weighted by Crippen LogP contribution is 1.39. The molecule has 0 aromatic carbocycles. The van der Waals surface area contributed by atoms with E-state index in [4.69, 9.17) is 10.2 Å². The quantitative estimate of drug-likeness (QED) is 0.360. The Morgan fingerprint density at radius 2 is 2.22 bits per heavy atom. The molecule has 0 heterocycles. The molecule has 0 bridgehead atoms. The molecule has 5 heteroatoms. The van der Waals surface area contributed by atoms with Crippen molar-refractivity contribution in [2.24, 2.45) is 0 Å². The summed E-state index contributed by atoms with van der Waals surface area (Å²) in [5.74, 6) is -1.03. The lowest BCUT2D eigenvalue weighted by atomic mass is 10.7. The lowest BCUT2D eigenvalue weighted by Crippen LogP contribution is -2.71. The normalized spacial score (nSPS) is 9.00. The summed E-state index contributed by atoms with van der Waals surface area (Å²) in [4.78, 5) is 12.0. The van der Waals surface area contributed by atoms with Crippen LogP contribution in [0.3, 0.4) is 0 Å². The molecule has 0 aliphatic rings. The zero-order chi connectivity index (χ0) is 6.41. The lowest BCUT2D eigenvalue weighted by molar-refractivity contribution is -0.454. The number of rotatable bonds is 3. The maximum Gasteiger partial charge on any atom is 0.392 e. The van der Waals surface area contributed by atoms with Crippen molar-refractivity contribution in [1.29, 1.82) is 0 Å². The highest BCUT2D eigenvalue weighted by Gasteiger charge is 1.89. The second-order valence-corrected chi connectivity index (χ2v) is 1.16. The van der Waals surface area contributed by atoms with Gasteiger partial charge in [-0.1, -0.05) is 0 Å². The van der Waals surface area contributed by atoms with Crippen molar-refractivity contribution in [3.05, 3.63) is 0 Å². The van der Waals surface area contributed by atoms with Crippen molar-refractivity contribution in [3.8, 4) is 0 Å². The summed E-state index contributed by atoms with van der Waals surface area (Å²) in [6.07, 6.45) is 0.885. The van der Waals surface area contributed by atoms with Crippen molar-refractivity contribution in [2.45, 2.75) is 0 Å². The minimum Gasteiger partial charge on any atom is -0.870 e. The molecule has 0 radical (unpaired) electrons. The Kier molecular flexibility index (Phi) is 8.58. The number of aliphatic hydroxyl groups excluding tert-OH is 1. The highest BCUT2D eigenvalue weighted by molar-refractivity contribution is 6.19. The molecule has 5 nitrogen and oxygen atoms in total. The van der Waals surface area contributed by atoms with Gasteiger partial charge in [-0.15, -0.1) is 0 Å². The van der Waals surface area contributed by atoms with Crippen LogP contribution in [0.5, 0.6) is 0 Å². The first kappa shape index (κ1) is 10.9. The largest absolute Gasteiger partial charge is 0.870 e. The Hall–Kier alpha value is -0.940. The van der Waals surface area contributed by atoms with E-state index in [1.165, 1.54) is 0 Å². The first-order valence-electron chi connectivity index (χ1n) is 2.17. The van der Waals surface area contributed by atoms with Gasteiger partial charge in [0.1, 0.15) is 6.61 Å². The van der Waals surface area contributed by atoms with Crippen LogP contribution in [0.25, 0.3) is 0 Å². The molecule has 0 saturated carbocycles. The van der Waals surface area contributed by atoms with Crippen LogP contribution < -0.4 is 4.99 Å². The van der Waals surface area contributed by atoms with Crippen LogP contribution in [0.4, 0.5) is 0 Å². The van der Waals surface area contributed by atoms with Gasteiger partial charge in [-0.3, -0.25) is 0 Å². The highest BCUT2D eigenvalue weighted by atomic mass is 16.4. The van der Waals surface area contributed by atoms with E-state index in [2.05, 4.69) is 4.99 Å². The molecule has 4 N–H and O–H groups in total. The predicted molar refractivity (Wildman–Crippen MR) is 28.6 cm³/mol. The van der Waals surface area contributed by atoms with Gasteiger partial charge in [-0.25, -0.2) is 9.79 Å². The summed E-state index contributed by atoms with van der Waals surface area (Å²) in [7, 11) is 0. The number of carbonyl (C=O) groups is 1. The number of aliphatic hydroxyl groups is 1. The predicted octanol–water partition coefficient (Wildman–Crippen LogP) is -2.96. The SMILES string of the molecule is O=C(O)C=[NH+]CCO.[OH-]. The van der Waals surface area contributed by atoms with Gasteiger partial charge in [-0.2, -0.15) is 0 Å². The van der Waals surface area contributed by atoms with E-state index >= 15 is 0 Å². The summed E-state index contributed by atoms with van der Waals surface area (Å²) in [6.45, 7) is 0.232. The number of carboxylic acid groups (broad SMARTS) is 1. The van der Waals surface area contributed by atoms with Gasteiger partial charge in [0.2, 0.25) is 6.21 Å². The summed E-state index contributed by atoms with van der Waals surface area (Å²) in [5, 5.41) is 16.0. The number of aliphatic carboxylic acids is 1. The van der Waals surface area contributed by atoms with Gasteiger partial charge in [-0.05, 0) is 0 Å². The number of nitrogens with one attached hydrogen (secondary N) is 1. The third-order valence-electron chi connectivity index (χ3n) is 0.482.